The van der Waals surface area contributed by atoms with Crippen molar-refractivity contribution in [2.24, 2.45) is 5.10 Å². The highest BCUT2D eigenvalue weighted by atomic mass is 79.9. The summed E-state index contributed by atoms with van der Waals surface area (Å²) in [4.78, 5) is 23.4. The van der Waals surface area contributed by atoms with Gasteiger partial charge in [0.25, 0.3) is 0 Å². The van der Waals surface area contributed by atoms with E-state index < -0.39 is 17.5 Å². The fourth-order valence-electron chi connectivity index (χ4n) is 2.09. The number of carbonyl (C=O) groups excluding carboxylic acids is 1. The highest BCUT2D eigenvalue weighted by Crippen LogP contribution is 2.34. The number of aliphatic carboxylic acids is 1. The quantitative estimate of drug-likeness (QED) is 0.840. The molecule has 0 spiro atoms. The van der Waals surface area contributed by atoms with Gasteiger partial charge >= 0.3 is 11.9 Å². The Morgan fingerprint density at radius 1 is 1.43 bits per heavy atom. The van der Waals surface area contributed by atoms with Gasteiger partial charge in [-0.1, -0.05) is 15.9 Å². The van der Waals surface area contributed by atoms with Crippen LogP contribution < -0.4 is 5.01 Å². The van der Waals surface area contributed by atoms with Crippen molar-refractivity contribution in [1.82, 2.24) is 0 Å². The molecule has 1 aliphatic heterocycles. The van der Waals surface area contributed by atoms with Crippen molar-refractivity contribution in [2.45, 2.75) is 25.8 Å². The lowest BCUT2D eigenvalue weighted by Gasteiger charge is -2.29. The Morgan fingerprint density at radius 3 is 2.57 bits per heavy atom. The second kappa shape index (κ2) is 5.85. The van der Waals surface area contributed by atoms with Crippen LogP contribution in [0.5, 0.6) is 0 Å². The van der Waals surface area contributed by atoms with Crippen molar-refractivity contribution in [2.75, 3.05) is 11.6 Å². The number of carboxylic acids is 1. The first kappa shape index (κ1) is 15.5. The van der Waals surface area contributed by atoms with Crippen LogP contribution in [0.3, 0.4) is 0 Å². The molecular formula is C14H15BrN2O4. The van der Waals surface area contributed by atoms with E-state index >= 15 is 0 Å². The maximum absolute atomic E-state index is 11.8. The number of halogens is 1. The molecule has 6 nitrogen and oxygen atoms in total. The van der Waals surface area contributed by atoms with Crippen molar-refractivity contribution in [1.29, 1.82) is 0 Å². The SMILES string of the molecule is CCOC(=O)C1=NN(c2ccc(Br)cc2)C(C)(C(=O)O)C1. The number of hydrogen-bond donors (Lipinski definition) is 1. The van der Waals surface area contributed by atoms with E-state index in [4.69, 9.17) is 4.74 Å². The molecule has 0 saturated carbocycles. The third-order valence-electron chi connectivity index (χ3n) is 3.24. The Balaban J connectivity index is 2.40. The molecule has 21 heavy (non-hydrogen) atoms. The number of anilines is 1. The van der Waals surface area contributed by atoms with Crippen LogP contribution in [-0.4, -0.2) is 34.9 Å². The van der Waals surface area contributed by atoms with Crippen LogP contribution in [0.4, 0.5) is 5.69 Å². The molecule has 1 heterocycles. The zero-order valence-corrected chi connectivity index (χ0v) is 13.3. The molecule has 0 radical (unpaired) electrons. The predicted molar refractivity (Wildman–Crippen MR) is 81.3 cm³/mol. The Morgan fingerprint density at radius 2 is 2.05 bits per heavy atom. The summed E-state index contributed by atoms with van der Waals surface area (Å²) in [5.74, 6) is -1.63. The predicted octanol–water partition coefficient (Wildman–Crippen LogP) is 2.42. The number of ether oxygens (including phenoxy) is 1. The first-order valence-electron chi connectivity index (χ1n) is 6.42. The smallest absolute Gasteiger partial charge is 0.354 e. The molecule has 1 aromatic carbocycles. The molecule has 1 aromatic rings. The van der Waals surface area contributed by atoms with E-state index in [2.05, 4.69) is 21.0 Å². The van der Waals surface area contributed by atoms with Crippen molar-refractivity contribution in [3.05, 3.63) is 28.7 Å². The Hall–Kier alpha value is -1.89. The minimum atomic E-state index is -1.31. The van der Waals surface area contributed by atoms with Gasteiger partial charge in [0, 0.05) is 10.9 Å². The van der Waals surface area contributed by atoms with E-state index in [1.54, 1.807) is 31.2 Å². The molecule has 1 N–H and O–H groups in total. The van der Waals surface area contributed by atoms with Crippen LogP contribution in [0.15, 0.2) is 33.8 Å². The van der Waals surface area contributed by atoms with Gasteiger partial charge in [0.15, 0.2) is 5.54 Å². The zero-order chi connectivity index (χ0) is 15.6. The van der Waals surface area contributed by atoms with Gasteiger partial charge in [0.2, 0.25) is 0 Å². The van der Waals surface area contributed by atoms with E-state index in [1.165, 1.54) is 11.9 Å². The van der Waals surface area contributed by atoms with Gasteiger partial charge in [-0.2, -0.15) is 5.10 Å². The maximum Gasteiger partial charge on any atom is 0.354 e. The molecule has 2 rings (SSSR count). The van der Waals surface area contributed by atoms with Crippen molar-refractivity contribution in [3.63, 3.8) is 0 Å². The summed E-state index contributed by atoms with van der Waals surface area (Å²) in [7, 11) is 0. The molecule has 0 bridgehead atoms. The lowest BCUT2D eigenvalue weighted by molar-refractivity contribution is -0.142. The second-order valence-electron chi connectivity index (χ2n) is 4.81. The minimum absolute atomic E-state index is 0.00275. The summed E-state index contributed by atoms with van der Waals surface area (Å²) in [6.07, 6.45) is -0.00275. The molecule has 0 fully saturated rings. The van der Waals surface area contributed by atoms with Gasteiger partial charge < -0.3 is 9.84 Å². The third-order valence-corrected chi connectivity index (χ3v) is 3.77. The van der Waals surface area contributed by atoms with Gasteiger partial charge in [0.1, 0.15) is 5.71 Å². The summed E-state index contributed by atoms with van der Waals surface area (Å²) in [5, 5.41) is 15.0. The van der Waals surface area contributed by atoms with E-state index in [0.717, 1.165) is 4.47 Å². The molecule has 112 valence electrons. The fourth-order valence-corrected chi connectivity index (χ4v) is 2.35. The topological polar surface area (TPSA) is 79.2 Å². The highest BCUT2D eigenvalue weighted by Gasteiger charge is 2.48. The normalized spacial score (nSPS) is 21.1. The van der Waals surface area contributed by atoms with Crippen LogP contribution in [0, 0.1) is 0 Å². The summed E-state index contributed by atoms with van der Waals surface area (Å²) in [5.41, 5.74) is -0.595. The molecule has 1 unspecified atom stereocenters. The van der Waals surface area contributed by atoms with Crippen LogP contribution >= 0.6 is 15.9 Å². The number of rotatable bonds is 4. The summed E-state index contributed by atoms with van der Waals surface area (Å²) < 4.78 is 5.78. The number of carboxylic acid groups (broad SMARTS) is 1. The number of benzene rings is 1. The van der Waals surface area contributed by atoms with Gasteiger partial charge in [-0.15, -0.1) is 0 Å². The first-order valence-corrected chi connectivity index (χ1v) is 7.21. The third kappa shape index (κ3) is 2.92. The monoisotopic (exact) mass is 354 g/mol. The Kier molecular flexibility index (Phi) is 4.32. The first-order chi connectivity index (χ1) is 9.88. The van der Waals surface area contributed by atoms with Crippen LogP contribution in [0.2, 0.25) is 0 Å². The number of esters is 1. The highest BCUT2D eigenvalue weighted by molar-refractivity contribution is 9.10. The van der Waals surface area contributed by atoms with Gasteiger partial charge in [-0.05, 0) is 38.1 Å². The minimum Gasteiger partial charge on any atom is -0.479 e. The maximum atomic E-state index is 11.8. The Bertz CT molecular complexity index is 599. The van der Waals surface area contributed by atoms with Crippen LogP contribution in [0.1, 0.15) is 20.3 Å². The van der Waals surface area contributed by atoms with Crippen LogP contribution in [0.25, 0.3) is 0 Å². The number of hydrogen-bond acceptors (Lipinski definition) is 5. The largest absolute Gasteiger partial charge is 0.479 e. The second-order valence-corrected chi connectivity index (χ2v) is 5.73. The molecule has 0 amide bonds. The summed E-state index contributed by atoms with van der Waals surface area (Å²) >= 11 is 3.32. The summed E-state index contributed by atoms with van der Waals surface area (Å²) in [6.45, 7) is 3.45. The molecular weight excluding hydrogens is 340 g/mol. The lowest BCUT2D eigenvalue weighted by atomic mass is 9.95. The number of carbonyl (C=O) groups is 2. The standard InChI is InChI=1S/C14H15BrN2O4/c1-3-21-12(18)11-8-14(2,13(19)20)17(16-11)10-6-4-9(15)5-7-10/h4-7H,3,8H2,1-2H3,(H,19,20). The van der Waals surface area contributed by atoms with E-state index in [1.807, 2.05) is 0 Å². The van der Waals surface area contributed by atoms with Crippen molar-refractivity contribution < 1.29 is 19.4 Å². The van der Waals surface area contributed by atoms with Gasteiger partial charge in [0.05, 0.1) is 12.3 Å². The number of hydrazone groups is 1. The molecule has 7 heteroatoms. The van der Waals surface area contributed by atoms with E-state index in [9.17, 15) is 14.7 Å². The zero-order valence-electron chi connectivity index (χ0n) is 11.7. The average Bonchev–Trinajstić information content (AvgIpc) is 2.80. The molecule has 1 aliphatic rings. The summed E-state index contributed by atoms with van der Waals surface area (Å²) in [6, 6.07) is 7.05. The van der Waals surface area contributed by atoms with Crippen molar-refractivity contribution in [3.8, 4) is 0 Å². The van der Waals surface area contributed by atoms with Crippen LogP contribution in [-0.2, 0) is 14.3 Å². The van der Waals surface area contributed by atoms with E-state index in [0.29, 0.717) is 5.69 Å². The molecule has 0 saturated heterocycles. The Labute approximate surface area is 130 Å². The lowest BCUT2D eigenvalue weighted by Crippen LogP contribution is -2.47. The van der Waals surface area contributed by atoms with Crippen molar-refractivity contribution >= 4 is 39.3 Å². The fraction of sp³-hybridized carbons (Fsp3) is 0.357. The van der Waals surface area contributed by atoms with Gasteiger partial charge in [-0.3, -0.25) is 0 Å². The molecule has 1 atom stereocenters. The molecule has 0 aromatic heterocycles. The average molecular weight is 355 g/mol. The molecule has 0 aliphatic carbocycles. The van der Waals surface area contributed by atoms with Gasteiger partial charge in [-0.25, -0.2) is 14.6 Å². The number of nitrogens with zero attached hydrogens (tertiary/aromatic N) is 2. The van der Waals surface area contributed by atoms with E-state index in [-0.39, 0.29) is 18.7 Å².